The lowest BCUT2D eigenvalue weighted by atomic mass is 10.3. The third-order valence-corrected chi connectivity index (χ3v) is 4.21. The van der Waals surface area contributed by atoms with Gasteiger partial charge in [0, 0.05) is 39.1 Å². The van der Waals surface area contributed by atoms with Crippen molar-refractivity contribution in [3.8, 4) is 0 Å². The first-order valence-corrected chi connectivity index (χ1v) is 9.52. The van der Waals surface area contributed by atoms with Crippen LogP contribution in [0.25, 0.3) is 0 Å². The normalized spacial score (nSPS) is 15.3. The summed E-state index contributed by atoms with van der Waals surface area (Å²) in [5.74, 6) is 1.84. The summed E-state index contributed by atoms with van der Waals surface area (Å²) >= 11 is 0. The third kappa shape index (κ3) is 9.52. The van der Waals surface area contributed by atoms with Crippen LogP contribution in [0.1, 0.15) is 26.1 Å². The monoisotopic (exact) mass is 491 g/mol. The summed E-state index contributed by atoms with van der Waals surface area (Å²) < 4.78 is 7.46. The molecular weight excluding hydrogens is 457 g/mol. The van der Waals surface area contributed by atoms with E-state index >= 15 is 0 Å². The van der Waals surface area contributed by atoms with Crippen LogP contribution < -0.4 is 10.6 Å². The fourth-order valence-electron chi connectivity index (χ4n) is 2.76. The number of guanidine groups is 1. The Hall–Kier alpha value is -1.20. The average molecular weight is 491 g/mol. The van der Waals surface area contributed by atoms with Gasteiger partial charge < -0.3 is 19.9 Å². The van der Waals surface area contributed by atoms with E-state index < -0.39 is 0 Å². The second-order valence-electron chi connectivity index (χ2n) is 6.58. The fourth-order valence-corrected chi connectivity index (χ4v) is 2.76. The van der Waals surface area contributed by atoms with Crippen molar-refractivity contribution in [3.05, 3.63) is 24.3 Å². The molecule has 8 nitrogen and oxygen atoms in total. The van der Waals surface area contributed by atoms with Crippen LogP contribution in [0.3, 0.4) is 0 Å². The molecule has 1 aliphatic rings. The van der Waals surface area contributed by atoms with Crippen LogP contribution >= 0.6 is 24.0 Å². The molecule has 0 unspecified atom stereocenters. The molecule has 2 rings (SSSR count). The Kier molecular flexibility index (Phi) is 12.3. The Morgan fingerprint density at radius 3 is 2.70 bits per heavy atom. The van der Waals surface area contributed by atoms with Crippen molar-refractivity contribution in [2.24, 2.45) is 4.99 Å². The van der Waals surface area contributed by atoms with Crippen molar-refractivity contribution < 1.29 is 4.74 Å². The number of nitrogens with zero attached hydrogens (tertiary/aromatic N) is 5. The van der Waals surface area contributed by atoms with Gasteiger partial charge in [0.2, 0.25) is 0 Å². The average Bonchev–Trinajstić information content (AvgIpc) is 3.11. The number of aromatic nitrogens is 3. The molecule has 0 saturated carbocycles. The highest BCUT2D eigenvalue weighted by molar-refractivity contribution is 14.0. The zero-order chi connectivity index (χ0) is 18.6. The van der Waals surface area contributed by atoms with E-state index in [-0.39, 0.29) is 24.0 Å². The molecule has 0 bridgehead atoms. The highest BCUT2D eigenvalue weighted by atomic mass is 127. The quantitative estimate of drug-likeness (QED) is 0.169. The number of ether oxygens (including phenoxy) is 1. The van der Waals surface area contributed by atoms with Gasteiger partial charge >= 0.3 is 0 Å². The molecule has 0 aliphatic carbocycles. The van der Waals surface area contributed by atoms with Gasteiger partial charge in [-0.25, -0.2) is 4.99 Å². The first-order chi connectivity index (χ1) is 12.7. The molecule has 0 amide bonds. The summed E-state index contributed by atoms with van der Waals surface area (Å²) in [4.78, 5) is 7.04. The van der Waals surface area contributed by atoms with Crippen molar-refractivity contribution >= 4 is 29.9 Å². The number of aryl methyl sites for hydroxylation is 1. The zero-order valence-corrected chi connectivity index (χ0v) is 18.9. The number of nitrogens with one attached hydrogen (secondary N) is 2. The minimum absolute atomic E-state index is 0. The summed E-state index contributed by atoms with van der Waals surface area (Å²) in [5.41, 5.74) is 1.05. The van der Waals surface area contributed by atoms with Crippen LogP contribution in [-0.4, -0.2) is 78.1 Å². The van der Waals surface area contributed by atoms with Gasteiger partial charge in [0.15, 0.2) is 5.96 Å². The second-order valence-corrected chi connectivity index (χ2v) is 6.58. The second kappa shape index (κ2) is 13.9. The Labute approximate surface area is 179 Å². The van der Waals surface area contributed by atoms with E-state index in [1.807, 2.05) is 6.92 Å². The van der Waals surface area contributed by atoms with Gasteiger partial charge in [0.25, 0.3) is 0 Å². The van der Waals surface area contributed by atoms with E-state index in [0.717, 1.165) is 82.7 Å². The summed E-state index contributed by atoms with van der Waals surface area (Å²) in [7, 11) is 0. The van der Waals surface area contributed by atoms with E-state index in [4.69, 9.17) is 4.74 Å². The van der Waals surface area contributed by atoms with E-state index in [0.29, 0.717) is 6.54 Å². The lowest BCUT2D eigenvalue weighted by Gasteiger charge is -2.26. The highest BCUT2D eigenvalue weighted by Crippen LogP contribution is 1.98. The Balaban J connectivity index is 0.00000364. The van der Waals surface area contributed by atoms with E-state index in [9.17, 15) is 0 Å². The van der Waals surface area contributed by atoms with Crippen LogP contribution in [0, 0.1) is 0 Å². The van der Waals surface area contributed by atoms with Crippen molar-refractivity contribution in [2.75, 3.05) is 52.5 Å². The summed E-state index contributed by atoms with van der Waals surface area (Å²) in [6.07, 6.45) is 3.75. The minimum atomic E-state index is 0. The topological polar surface area (TPSA) is 79.6 Å². The Bertz CT molecular complexity index is 570. The van der Waals surface area contributed by atoms with Crippen LogP contribution in [-0.2, 0) is 17.7 Å². The highest BCUT2D eigenvalue weighted by Gasteiger charge is 2.09. The molecule has 0 radical (unpaired) electrons. The summed E-state index contributed by atoms with van der Waals surface area (Å²) in [6.45, 7) is 16.0. The first-order valence-electron chi connectivity index (χ1n) is 9.52. The standard InChI is InChI=1S/C18H33N7O.HI/c1-4-17-23-22-15-25(17)9-7-20-18(21-14-16(2)3)19-6-5-8-24-10-12-26-13-11-24;/h15H,2,4-14H2,1,3H3,(H2,19,20,21);1H. The molecule has 0 spiro atoms. The molecule has 9 heteroatoms. The van der Waals surface area contributed by atoms with Crippen LogP contribution in [0.4, 0.5) is 0 Å². The maximum Gasteiger partial charge on any atom is 0.191 e. The Morgan fingerprint density at radius 2 is 2.00 bits per heavy atom. The van der Waals surface area contributed by atoms with Crippen LogP contribution in [0.2, 0.25) is 0 Å². The number of halogens is 1. The first kappa shape index (κ1) is 23.8. The summed E-state index contributed by atoms with van der Waals surface area (Å²) in [5, 5.41) is 14.9. The lowest BCUT2D eigenvalue weighted by molar-refractivity contribution is 0.0376. The van der Waals surface area contributed by atoms with Crippen LogP contribution in [0.5, 0.6) is 0 Å². The molecule has 0 atom stereocenters. The predicted molar refractivity (Wildman–Crippen MR) is 120 cm³/mol. The van der Waals surface area contributed by atoms with Crippen molar-refractivity contribution in [3.63, 3.8) is 0 Å². The smallest absolute Gasteiger partial charge is 0.191 e. The molecule has 1 aliphatic heterocycles. The molecule has 27 heavy (non-hydrogen) atoms. The van der Waals surface area contributed by atoms with Gasteiger partial charge in [-0.3, -0.25) is 4.90 Å². The Morgan fingerprint density at radius 1 is 1.26 bits per heavy atom. The maximum atomic E-state index is 5.38. The van der Waals surface area contributed by atoms with Crippen molar-refractivity contribution in [2.45, 2.75) is 33.2 Å². The van der Waals surface area contributed by atoms with E-state index in [2.05, 4.69) is 48.8 Å². The molecule has 1 saturated heterocycles. The molecular formula is C18H34IN7O. The van der Waals surface area contributed by atoms with Gasteiger partial charge in [-0.15, -0.1) is 34.2 Å². The van der Waals surface area contributed by atoms with Gasteiger partial charge in [-0.05, 0) is 19.9 Å². The number of hydrogen-bond acceptors (Lipinski definition) is 5. The molecule has 1 aromatic rings. The van der Waals surface area contributed by atoms with Gasteiger partial charge in [-0.1, -0.05) is 19.1 Å². The fraction of sp³-hybridized carbons (Fsp3) is 0.722. The maximum absolute atomic E-state index is 5.38. The number of aliphatic imine (C=N–C) groups is 1. The predicted octanol–water partition coefficient (Wildman–Crippen LogP) is 1.29. The molecule has 0 aromatic carbocycles. The van der Waals surface area contributed by atoms with Gasteiger partial charge in [0.05, 0.1) is 19.8 Å². The third-order valence-electron chi connectivity index (χ3n) is 4.21. The zero-order valence-electron chi connectivity index (χ0n) is 16.6. The number of hydrogen-bond donors (Lipinski definition) is 2. The van der Waals surface area contributed by atoms with Gasteiger partial charge in [0.1, 0.15) is 12.2 Å². The van der Waals surface area contributed by atoms with Crippen molar-refractivity contribution in [1.82, 2.24) is 30.3 Å². The van der Waals surface area contributed by atoms with Gasteiger partial charge in [-0.2, -0.15) is 0 Å². The number of rotatable bonds is 10. The largest absolute Gasteiger partial charge is 0.379 e. The van der Waals surface area contributed by atoms with E-state index in [1.54, 1.807) is 6.33 Å². The SMILES string of the molecule is C=C(C)CN=C(NCCCN1CCOCC1)NCCn1cnnc1CC.I. The minimum Gasteiger partial charge on any atom is -0.379 e. The summed E-state index contributed by atoms with van der Waals surface area (Å²) in [6, 6.07) is 0. The number of morpholine rings is 1. The molecule has 2 heterocycles. The lowest BCUT2D eigenvalue weighted by Crippen LogP contribution is -2.41. The molecule has 1 fully saturated rings. The molecule has 1 aromatic heterocycles. The van der Waals surface area contributed by atoms with Crippen LogP contribution in [0.15, 0.2) is 23.5 Å². The molecule has 154 valence electrons. The van der Waals surface area contributed by atoms with Crippen molar-refractivity contribution in [1.29, 1.82) is 0 Å². The molecule has 2 N–H and O–H groups in total. The van der Waals surface area contributed by atoms with E-state index in [1.165, 1.54) is 0 Å².